The predicted octanol–water partition coefficient (Wildman–Crippen LogP) is 3.87. The van der Waals surface area contributed by atoms with Gasteiger partial charge in [0.2, 0.25) is 0 Å². The van der Waals surface area contributed by atoms with Crippen LogP contribution in [0.2, 0.25) is 0 Å². The van der Waals surface area contributed by atoms with E-state index in [-0.39, 0.29) is 5.41 Å². The van der Waals surface area contributed by atoms with Crippen molar-refractivity contribution in [2.45, 2.75) is 41.0 Å². The molecule has 0 amide bonds. The zero-order valence-electron chi connectivity index (χ0n) is 10.5. The van der Waals surface area contributed by atoms with Gasteiger partial charge in [0, 0.05) is 11.8 Å². The highest BCUT2D eigenvalue weighted by Crippen LogP contribution is 2.17. The number of carbonyl (C=O) groups excluding carboxylic acids is 1. The van der Waals surface area contributed by atoms with E-state index in [1.54, 1.807) is 0 Å². The molecule has 1 aromatic carbocycles. The van der Waals surface area contributed by atoms with Crippen LogP contribution in [0.15, 0.2) is 30.3 Å². The molecule has 1 rings (SSSR count). The normalized spacial score (nSPS) is 10.2. The Morgan fingerprint density at radius 3 is 1.93 bits per heavy atom. The minimum absolute atomic E-state index is 0.226. The van der Waals surface area contributed by atoms with Crippen LogP contribution in [0.5, 0.6) is 0 Å². The summed E-state index contributed by atoms with van der Waals surface area (Å²) in [4.78, 5) is 11.6. The largest absolute Gasteiger partial charge is 0.299 e. The van der Waals surface area contributed by atoms with Crippen LogP contribution in [0.3, 0.4) is 0 Å². The molecule has 1 nitrogen and oxygen atoms in total. The highest BCUT2D eigenvalue weighted by atomic mass is 16.1. The fourth-order valence-corrected chi connectivity index (χ4v) is 1.05. The first-order valence-corrected chi connectivity index (χ1v) is 5.57. The second-order valence-electron chi connectivity index (χ2n) is 4.34. The maximum absolute atomic E-state index is 11.6. The van der Waals surface area contributed by atoms with Gasteiger partial charge < -0.3 is 0 Å². The monoisotopic (exact) mass is 206 g/mol. The van der Waals surface area contributed by atoms with Crippen LogP contribution >= 0.6 is 0 Å². The van der Waals surface area contributed by atoms with Crippen molar-refractivity contribution in [2.24, 2.45) is 5.41 Å². The first-order chi connectivity index (χ1) is 7.00. The minimum Gasteiger partial charge on any atom is -0.299 e. The Morgan fingerprint density at radius 2 is 1.53 bits per heavy atom. The number of ketones is 1. The highest BCUT2D eigenvalue weighted by molar-refractivity contribution is 5.85. The van der Waals surface area contributed by atoms with Crippen LogP contribution in [0.25, 0.3) is 0 Å². The third kappa shape index (κ3) is 5.36. The van der Waals surface area contributed by atoms with E-state index in [1.807, 2.05) is 65.0 Å². The Hall–Kier alpha value is -1.11. The SMILES string of the molecule is CC.CC(C)(C)C(=O)Cc1ccccc1. The number of carbonyl (C=O) groups is 1. The Balaban J connectivity index is 0.000000921. The van der Waals surface area contributed by atoms with Crippen molar-refractivity contribution < 1.29 is 4.79 Å². The van der Waals surface area contributed by atoms with E-state index in [9.17, 15) is 4.79 Å². The van der Waals surface area contributed by atoms with E-state index >= 15 is 0 Å². The molecule has 0 saturated carbocycles. The molecule has 0 aromatic heterocycles. The summed E-state index contributed by atoms with van der Waals surface area (Å²) in [6.07, 6.45) is 0.546. The molecule has 0 aliphatic heterocycles. The van der Waals surface area contributed by atoms with Crippen molar-refractivity contribution in [1.29, 1.82) is 0 Å². The molecule has 1 heteroatoms. The highest BCUT2D eigenvalue weighted by Gasteiger charge is 2.20. The van der Waals surface area contributed by atoms with Gasteiger partial charge in [-0.25, -0.2) is 0 Å². The van der Waals surface area contributed by atoms with E-state index in [0.717, 1.165) is 5.56 Å². The molecule has 1 aromatic rings. The lowest BCUT2D eigenvalue weighted by Gasteiger charge is -2.16. The third-order valence-electron chi connectivity index (χ3n) is 2.04. The second-order valence-corrected chi connectivity index (χ2v) is 4.34. The van der Waals surface area contributed by atoms with Crippen molar-refractivity contribution >= 4 is 5.78 Å². The molecule has 15 heavy (non-hydrogen) atoms. The topological polar surface area (TPSA) is 17.1 Å². The van der Waals surface area contributed by atoms with Crippen LogP contribution in [0.4, 0.5) is 0 Å². The number of benzene rings is 1. The predicted molar refractivity (Wildman–Crippen MR) is 66.0 cm³/mol. The van der Waals surface area contributed by atoms with Gasteiger partial charge in [-0.15, -0.1) is 0 Å². The Kier molecular flexibility index (Phi) is 5.92. The maximum Gasteiger partial charge on any atom is 0.142 e. The average Bonchev–Trinajstić information content (AvgIpc) is 2.21. The van der Waals surface area contributed by atoms with Crippen LogP contribution in [-0.2, 0) is 11.2 Å². The Morgan fingerprint density at radius 1 is 1.07 bits per heavy atom. The molecule has 0 heterocycles. The molecule has 0 aliphatic rings. The van der Waals surface area contributed by atoms with E-state index in [2.05, 4.69) is 0 Å². The van der Waals surface area contributed by atoms with Crippen molar-refractivity contribution in [2.75, 3.05) is 0 Å². The van der Waals surface area contributed by atoms with Crippen LogP contribution < -0.4 is 0 Å². The Labute approximate surface area is 93.5 Å². The summed E-state index contributed by atoms with van der Waals surface area (Å²) < 4.78 is 0. The molecular formula is C14H22O. The zero-order chi connectivity index (χ0) is 11.9. The van der Waals surface area contributed by atoms with E-state index in [1.165, 1.54) is 0 Å². The van der Waals surface area contributed by atoms with Crippen LogP contribution in [-0.4, -0.2) is 5.78 Å². The molecule has 0 N–H and O–H groups in total. The lowest BCUT2D eigenvalue weighted by Crippen LogP contribution is -2.21. The summed E-state index contributed by atoms with van der Waals surface area (Å²) in [7, 11) is 0. The van der Waals surface area contributed by atoms with Gasteiger partial charge in [0.1, 0.15) is 5.78 Å². The van der Waals surface area contributed by atoms with Gasteiger partial charge in [0.05, 0.1) is 0 Å². The smallest absolute Gasteiger partial charge is 0.142 e. The standard InChI is InChI=1S/C12H16O.C2H6/c1-12(2,3)11(13)9-10-7-5-4-6-8-10;1-2/h4-8H,9H2,1-3H3;1-2H3. The first kappa shape index (κ1) is 13.9. The fraction of sp³-hybridized carbons (Fsp3) is 0.500. The molecule has 84 valence electrons. The van der Waals surface area contributed by atoms with Crippen molar-refractivity contribution in [3.63, 3.8) is 0 Å². The van der Waals surface area contributed by atoms with Gasteiger partial charge in [-0.2, -0.15) is 0 Å². The number of hydrogen-bond acceptors (Lipinski definition) is 1. The molecule has 0 saturated heterocycles. The third-order valence-corrected chi connectivity index (χ3v) is 2.04. The van der Waals surface area contributed by atoms with Gasteiger partial charge in [0.25, 0.3) is 0 Å². The van der Waals surface area contributed by atoms with E-state index < -0.39 is 0 Å². The van der Waals surface area contributed by atoms with E-state index in [0.29, 0.717) is 12.2 Å². The van der Waals surface area contributed by atoms with Crippen LogP contribution in [0, 0.1) is 5.41 Å². The lowest BCUT2D eigenvalue weighted by atomic mass is 9.87. The average molecular weight is 206 g/mol. The Bertz CT molecular complexity index is 280. The summed E-state index contributed by atoms with van der Waals surface area (Å²) in [5.74, 6) is 0.290. The minimum atomic E-state index is -0.226. The quantitative estimate of drug-likeness (QED) is 0.718. The van der Waals surface area contributed by atoms with Gasteiger partial charge in [-0.05, 0) is 5.56 Å². The molecule has 0 unspecified atom stereocenters. The fourth-order valence-electron chi connectivity index (χ4n) is 1.05. The number of Topliss-reactive ketones (excluding diaryl/α,β-unsaturated/α-hetero) is 1. The van der Waals surface area contributed by atoms with Crippen molar-refractivity contribution in [3.05, 3.63) is 35.9 Å². The van der Waals surface area contributed by atoms with E-state index in [4.69, 9.17) is 0 Å². The molecular weight excluding hydrogens is 184 g/mol. The van der Waals surface area contributed by atoms with Crippen LogP contribution in [0.1, 0.15) is 40.2 Å². The molecule has 0 radical (unpaired) electrons. The van der Waals surface area contributed by atoms with Gasteiger partial charge in [-0.3, -0.25) is 4.79 Å². The summed E-state index contributed by atoms with van der Waals surface area (Å²) in [5, 5.41) is 0. The van der Waals surface area contributed by atoms with Crippen molar-refractivity contribution in [3.8, 4) is 0 Å². The first-order valence-electron chi connectivity index (χ1n) is 5.57. The van der Waals surface area contributed by atoms with Gasteiger partial charge in [0.15, 0.2) is 0 Å². The molecule has 0 fully saturated rings. The second kappa shape index (κ2) is 6.39. The summed E-state index contributed by atoms with van der Waals surface area (Å²) in [6.45, 7) is 9.87. The lowest BCUT2D eigenvalue weighted by molar-refractivity contribution is -0.125. The zero-order valence-corrected chi connectivity index (χ0v) is 10.5. The molecule has 0 spiro atoms. The van der Waals surface area contributed by atoms with Gasteiger partial charge >= 0.3 is 0 Å². The molecule has 0 atom stereocenters. The van der Waals surface area contributed by atoms with Crippen molar-refractivity contribution in [1.82, 2.24) is 0 Å². The number of rotatable bonds is 2. The molecule has 0 bridgehead atoms. The summed E-state index contributed by atoms with van der Waals surface area (Å²) in [5.41, 5.74) is 0.873. The molecule has 0 aliphatic carbocycles. The summed E-state index contributed by atoms with van der Waals surface area (Å²) in [6, 6.07) is 9.87. The maximum atomic E-state index is 11.6. The summed E-state index contributed by atoms with van der Waals surface area (Å²) >= 11 is 0. The number of hydrogen-bond donors (Lipinski definition) is 0. The van der Waals surface area contributed by atoms with Gasteiger partial charge in [-0.1, -0.05) is 65.0 Å².